The van der Waals surface area contributed by atoms with Crippen LogP contribution in [0.2, 0.25) is 0 Å². The molecule has 2 aromatic rings. The minimum atomic E-state index is -0.668. The summed E-state index contributed by atoms with van der Waals surface area (Å²) in [5.74, 6) is -1.32. The molecule has 3 rings (SSSR count). The van der Waals surface area contributed by atoms with Crippen molar-refractivity contribution in [3.8, 4) is 0 Å². The van der Waals surface area contributed by atoms with Crippen molar-refractivity contribution < 1.29 is 14.3 Å². The zero-order chi connectivity index (χ0) is 14.3. The van der Waals surface area contributed by atoms with Crippen molar-refractivity contribution in [3.05, 3.63) is 47.8 Å². The maximum Gasteiger partial charge on any atom is 0.349 e. The summed E-state index contributed by atoms with van der Waals surface area (Å²) in [7, 11) is 3.58. The van der Waals surface area contributed by atoms with Crippen LogP contribution in [0, 0.1) is 0 Å². The summed E-state index contributed by atoms with van der Waals surface area (Å²) in [5, 5.41) is 0.835. The predicted octanol–water partition coefficient (Wildman–Crippen LogP) is 1.83. The molecule has 0 N–H and O–H groups in total. The molecule has 0 amide bonds. The third-order valence-corrected chi connectivity index (χ3v) is 2.99. The third-order valence-electron chi connectivity index (χ3n) is 2.99. The molecule has 2 heterocycles. The average molecular weight is 268 g/mol. The maximum absolute atomic E-state index is 11.9. The van der Waals surface area contributed by atoms with Crippen LogP contribution in [0.15, 0.2) is 36.5 Å². The highest BCUT2D eigenvalue weighted by Crippen LogP contribution is 2.28. The Morgan fingerprint density at radius 1 is 1.15 bits per heavy atom. The minimum absolute atomic E-state index is 0.287. The lowest BCUT2D eigenvalue weighted by Crippen LogP contribution is -2.24. The van der Waals surface area contributed by atoms with Gasteiger partial charge in [0.2, 0.25) is 0 Å². The summed E-state index contributed by atoms with van der Waals surface area (Å²) in [5.41, 5.74) is 1.71. The van der Waals surface area contributed by atoms with E-state index < -0.39 is 11.9 Å². The van der Waals surface area contributed by atoms with E-state index in [2.05, 4.69) is 4.98 Å². The number of ether oxygens (including phenoxy) is 1. The van der Waals surface area contributed by atoms with Gasteiger partial charge in [-0.3, -0.25) is 0 Å². The molecule has 0 aliphatic carbocycles. The Kier molecular flexibility index (Phi) is 2.75. The van der Waals surface area contributed by atoms with Gasteiger partial charge in [0.15, 0.2) is 0 Å². The van der Waals surface area contributed by atoms with Gasteiger partial charge in [0.05, 0.1) is 16.8 Å². The number of carbonyl (C=O) groups is 2. The Morgan fingerprint density at radius 3 is 2.65 bits per heavy atom. The molecule has 0 atom stereocenters. The number of hydrogen-bond donors (Lipinski definition) is 0. The van der Waals surface area contributed by atoms with Crippen LogP contribution in [-0.4, -0.2) is 35.9 Å². The summed E-state index contributed by atoms with van der Waals surface area (Å²) in [4.78, 5) is 29.9. The molecule has 0 radical (unpaired) electrons. The summed E-state index contributed by atoms with van der Waals surface area (Å²) < 4.78 is 4.76. The molecule has 0 unspecified atom stereocenters. The van der Waals surface area contributed by atoms with Crippen LogP contribution in [0.1, 0.15) is 16.1 Å². The summed E-state index contributed by atoms with van der Waals surface area (Å²) in [6, 6.07) is 9.14. The lowest BCUT2D eigenvalue weighted by Gasteiger charge is -2.18. The van der Waals surface area contributed by atoms with E-state index in [9.17, 15) is 9.59 Å². The van der Waals surface area contributed by atoms with E-state index in [1.54, 1.807) is 31.3 Å². The van der Waals surface area contributed by atoms with Crippen LogP contribution < -0.4 is 0 Å². The molecule has 1 aromatic heterocycles. The van der Waals surface area contributed by atoms with Gasteiger partial charge in [-0.2, -0.15) is 0 Å². The lowest BCUT2D eigenvalue weighted by molar-refractivity contribution is -0.131. The second-order valence-corrected chi connectivity index (χ2v) is 4.76. The molecule has 1 aromatic carbocycles. The van der Waals surface area contributed by atoms with E-state index in [4.69, 9.17) is 4.74 Å². The third kappa shape index (κ3) is 1.93. The number of pyridine rings is 1. The summed E-state index contributed by atoms with van der Waals surface area (Å²) >= 11 is 0. The Hall–Kier alpha value is -2.69. The smallest absolute Gasteiger partial charge is 0.349 e. The van der Waals surface area contributed by atoms with Crippen molar-refractivity contribution in [1.29, 1.82) is 0 Å². The minimum Gasteiger partial charge on any atom is -0.386 e. The van der Waals surface area contributed by atoms with Gasteiger partial charge >= 0.3 is 11.9 Å². The number of rotatable bonds is 1. The molecule has 5 heteroatoms. The number of carbonyl (C=O) groups excluding carboxylic acids is 2. The maximum atomic E-state index is 11.9. The number of hydrogen-bond acceptors (Lipinski definition) is 5. The second-order valence-electron chi connectivity index (χ2n) is 4.76. The molecule has 0 fully saturated rings. The van der Waals surface area contributed by atoms with Gasteiger partial charge in [-0.15, -0.1) is 0 Å². The van der Waals surface area contributed by atoms with Crippen molar-refractivity contribution in [2.45, 2.75) is 0 Å². The fourth-order valence-corrected chi connectivity index (χ4v) is 2.14. The molecule has 1 aliphatic rings. The first-order valence-electron chi connectivity index (χ1n) is 6.11. The van der Waals surface area contributed by atoms with Crippen LogP contribution in [0.5, 0.6) is 0 Å². The van der Waals surface area contributed by atoms with Gasteiger partial charge < -0.3 is 9.64 Å². The van der Waals surface area contributed by atoms with Crippen molar-refractivity contribution >= 4 is 28.4 Å². The zero-order valence-electron chi connectivity index (χ0n) is 11.1. The highest BCUT2D eigenvalue weighted by atomic mass is 16.6. The molecular weight excluding hydrogens is 256 g/mol. The number of fused-ring (bicyclic) bond motifs is 2. The van der Waals surface area contributed by atoms with E-state index in [0.717, 1.165) is 10.9 Å². The first kappa shape index (κ1) is 12.3. The zero-order valence-corrected chi connectivity index (χ0v) is 11.1. The fraction of sp³-hybridized carbons (Fsp3) is 0.133. The molecule has 5 nitrogen and oxygen atoms in total. The first-order chi connectivity index (χ1) is 9.56. The molecule has 0 saturated heterocycles. The standard InChI is InChI=1S/C15H12N2O3/c1-17(2)8-11-13-10(14(18)20-15(11)19)7-9-5-3-4-6-12(9)16-13/h3-8H,1-2H3. The van der Waals surface area contributed by atoms with Gasteiger partial charge in [-0.25, -0.2) is 14.6 Å². The van der Waals surface area contributed by atoms with Crippen molar-refractivity contribution in [2.75, 3.05) is 14.1 Å². The van der Waals surface area contributed by atoms with Crippen LogP contribution in [0.4, 0.5) is 0 Å². The number of benzene rings is 1. The molecular formula is C15H12N2O3. The van der Waals surface area contributed by atoms with Crippen LogP contribution in [0.3, 0.4) is 0 Å². The molecule has 0 spiro atoms. The van der Waals surface area contributed by atoms with Crippen molar-refractivity contribution in [3.63, 3.8) is 0 Å². The SMILES string of the molecule is CN(C)C=C1C(=O)OC(=O)c2cc3ccccc3nc21. The largest absolute Gasteiger partial charge is 0.386 e. The number of aromatic nitrogens is 1. The van der Waals surface area contributed by atoms with E-state index in [-0.39, 0.29) is 5.57 Å². The van der Waals surface area contributed by atoms with Crippen molar-refractivity contribution in [1.82, 2.24) is 9.88 Å². The summed E-state index contributed by atoms with van der Waals surface area (Å²) in [6.07, 6.45) is 1.61. The summed E-state index contributed by atoms with van der Waals surface area (Å²) in [6.45, 7) is 0. The highest BCUT2D eigenvalue weighted by molar-refractivity contribution is 6.25. The monoisotopic (exact) mass is 268 g/mol. The molecule has 100 valence electrons. The second kappa shape index (κ2) is 4.45. The number of para-hydroxylation sites is 1. The fourth-order valence-electron chi connectivity index (χ4n) is 2.14. The van der Waals surface area contributed by atoms with Crippen molar-refractivity contribution in [2.24, 2.45) is 0 Å². The normalized spacial score (nSPS) is 16.2. The topological polar surface area (TPSA) is 59.5 Å². The van der Waals surface area contributed by atoms with Gasteiger partial charge in [0.25, 0.3) is 0 Å². The van der Waals surface area contributed by atoms with Gasteiger partial charge in [-0.05, 0) is 12.1 Å². The first-order valence-corrected chi connectivity index (χ1v) is 6.11. The predicted molar refractivity (Wildman–Crippen MR) is 73.8 cm³/mol. The molecule has 1 aliphatic heterocycles. The van der Waals surface area contributed by atoms with E-state index in [1.165, 1.54) is 0 Å². The van der Waals surface area contributed by atoms with Crippen LogP contribution in [-0.2, 0) is 9.53 Å². The van der Waals surface area contributed by atoms with E-state index in [1.807, 2.05) is 24.3 Å². The molecule has 20 heavy (non-hydrogen) atoms. The van der Waals surface area contributed by atoms with Crippen LogP contribution in [0.25, 0.3) is 16.5 Å². The molecule has 0 saturated carbocycles. The lowest BCUT2D eigenvalue weighted by atomic mass is 10.0. The average Bonchev–Trinajstić information content (AvgIpc) is 2.41. The molecule has 0 bridgehead atoms. The Morgan fingerprint density at radius 2 is 1.90 bits per heavy atom. The quantitative estimate of drug-likeness (QED) is 0.448. The van der Waals surface area contributed by atoms with Gasteiger partial charge in [0, 0.05) is 25.7 Å². The Bertz CT molecular complexity index is 763. The number of esters is 2. The van der Waals surface area contributed by atoms with E-state index >= 15 is 0 Å². The highest BCUT2D eigenvalue weighted by Gasteiger charge is 2.31. The van der Waals surface area contributed by atoms with Gasteiger partial charge in [-0.1, -0.05) is 18.2 Å². The van der Waals surface area contributed by atoms with Crippen LogP contribution >= 0.6 is 0 Å². The Balaban J connectivity index is 2.31. The number of nitrogens with zero attached hydrogens (tertiary/aromatic N) is 2. The van der Waals surface area contributed by atoms with Gasteiger partial charge in [0.1, 0.15) is 5.57 Å². The van der Waals surface area contributed by atoms with E-state index in [0.29, 0.717) is 11.3 Å². The Labute approximate surface area is 115 Å². The number of cyclic esters (lactones) is 2.